The number of hydrogen-bond donors (Lipinski definition) is 1. The summed E-state index contributed by atoms with van der Waals surface area (Å²) in [5, 5.41) is 19.5. The number of nitrogens with zero attached hydrogens (tertiary/aromatic N) is 1. The summed E-state index contributed by atoms with van der Waals surface area (Å²) in [6.45, 7) is 3.63. The van der Waals surface area contributed by atoms with Crippen molar-refractivity contribution in [3.63, 3.8) is 0 Å². The third kappa shape index (κ3) is 2.57. The predicted molar refractivity (Wildman–Crippen MR) is 68.5 cm³/mol. The van der Waals surface area contributed by atoms with Crippen LogP contribution in [-0.2, 0) is 0 Å². The fourth-order valence-electron chi connectivity index (χ4n) is 1.72. The molecule has 1 aromatic carbocycles. The summed E-state index contributed by atoms with van der Waals surface area (Å²) in [5.74, 6) is 1.15. The van der Waals surface area contributed by atoms with Crippen molar-refractivity contribution in [1.29, 1.82) is 5.26 Å². The molecule has 0 aliphatic rings. The zero-order valence-corrected chi connectivity index (χ0v) is 11.2. The molecule has 1 rings (SSSR count). The Hall–Kier alpha value is -1.73. The third-order valence-electron chi connectivity index (χ3n) is 3.32. The van der Waals surface area contributed by atoms with Crippen molar-refractivity contribution in [1.82, 2.24) is 0 Å². The van der Waals surface area contributed by atoms with Crippen LogP contribution in [0, 0.1) is 16.7 Å². The molecule has 0 aliphatic heterocycles. The molecule has 1 N–H and O–H groups in total. The fraction of sp³-hybridized carbons (Fsp3) is 0.500. The fourth-order valence-corrected chi connectivity index (χ4v) is 1.72. The van der Waals surface area contributed by atoms with Crippen molar-refractivity contribution >= 4 is 0 Å². The monoisotopic (exact) mass is 249 g/mol. The summed E-state index contributed by atoms with van der Waals surface area (Å²) in [6.07, 6.45) is -0.286. The van der Waals surface area contributed by atoms with Gasteiger partial charge < -0.3 is 14.6 Å². The van der Waals surface area contributed by atoms with Crippen molar-refractivity contribution in [2.24, 2.45) is 5.41 Å². The van der Waals surface area contributed by atoms with E-state index in [2.05, 4.69) is 6.07 Å². The third-order valence-corrected chi connectivity index (χ3v) is 3.32. The average Bonchev–Trinajstić information content (AvgIpc) is 2.44. The standard InChI is InChI=1S/C14H19NO3/c1-5-14(2,9-15)13(16)10-6-7-11(17-3)12(8-10)18-4/h6-8,13,16H,5H2,1-4H3. The van der Waals surface area contributed by atoms with E-state index in [0.29, 0.717) is 23.5 Å². The second-order valence-electron chi connectivity index (χ2n) is 4.40. The molecule has 0 saturated heterocycles. The summed E-state index contributed by atoms with van der Waals surface area (Å²) < 4.78 is 10.3. The Kier molecular flexibility index (Phi) is 4.57. The summed E-state index contributed by atoms with van der Waals surface area (Å²) in [7, 11) is 3.09. The van der Waals surface area contributed by atoms with Gasteiger partial charge >= 0.3 is 0 Å². The van der Waals surface area contributed by atoms with Crippen LogP contribution in [0.3, 0.4) is 0 Å². The lowest BCUT2D eigenvalue weighted by Crippen LogP contribution is -2.23. The van der Waals surface area contributed by atoms with E-state index < -0.39 is 11.5 Å². The van der Waals surface area contributed by atoms with E-state index in [4.69, 9.17) is 9.47 Å². The molecule has 0 saturated carbocycles. The van der Waals surface area contributed by atoms with E-state index in [1.165, 1.54) is 7.11 Å². The van der Waals surface area contributed by atoms with Crippen LogP contribution in [0.2, 0.25) is 0 Å². The van der Waals surface area contributed by atoms with Gasteiger partial charge in [0.2, 0.25) is 0 Å². The quantitative estimate of drug-likeness (QED) is 0.871. The first kappa shape index (κ1) is 14.3. The summed E-state index contributed by atoms with van der Waals surface area (Å²) in [6, 6.07) is 7.35. The molecule has 4 nitrogen and oxygen atoms in total. The van der Waals surface area contributed by atoms with Crippen molar-refractivity contribution in [2.75, 3.05) is 14.2 Å². The van der Waals surface area contributed by atoms with E-state index >= 15 is 0 Å². The molecule has 0 radical (unpaired) electrons. The highest BCUT2D eigenvalue weighted by atomic mass is 16.5. The molecule has 4 heteroatoms. The SMILES string of the molecule is CCC(C)(C#N)C(O)c1ccc(OC)c(OC)c1. The Morgan fingerprint density at radius 2 is 1.94 bits per heavy atom. The molecule has 0 aliphatic carbocycles. The molecule has 0 spiro atoms. The lowest BCUT2D eigenvalue weighted by Gasteiger charge is -2.26. The number of rotatable bonds is 5. The molecule has 0 fully saturated rings. The average molecular weight is 249 g/mol. The summed E-state index contributed by atoms with van der Waals surface area (Å²) in [4.78, 5) is 0. The lowest BCUT2D eigenvalue weighted by molar-refractivity contribution is 0.0719. The minimum absolute atomic E-state index is 0.547. The molecule has 2 unspecified atom stereocenters. The maximum absolute atomic E-state index is 10.3. The van der Waals surface area contributed by atoms with Crippen LogP contribution in [0.4, 0.5) is 0 Å². The van der Waals surface area contributed by atoms with Gasteiger partial charge in [-0.1, -0.05) is 13.0 Å². The van der Waals surface area contributed by atoms with E-state index in [1.807, 2.05) is 6.92 Å². The first-order valence-corrected chi connectivity index (χ1v) is 5.83. The summed E-state index contributed by atoms with van der Waals surface area (Å²) in [5.41, 5.74) is -0.155. The minimum atomic E-state index is -0.854. The van der Waals surface area contributed by atoms with Crippen molar-refractivity contribution in [3.05, 3.63) is 23.8 Å². The highest BCUT2D eigenvalue weighted by molar-refractivity contribution is 5.44. The number of aliphatic hydroxyl groups excluding tert-OH is 1. The Morgan fingerprint density at radius 3 is 2.39 bits per heavy atom. The topological polar surface area (TPSA) is 62.5 Å². The van der Waals surface area contributed by atoms with Gasteiger partial charge in [-0.3, -0.25) is 0 Å². The highest BCUT2D eigenvalue weighted by Gasteiger charge is 2.32. The molecule has 2 atom stereocenters. The van der Waals surface area contributed by atoms with Gasteiger partial charge in [0.05, 0.1) is 31.8 Å². The van der Waals surface area contributed by atoms with Gasteiger partial charge in [-0.25, -0.2) is 0 Å². The van der Waals surface area contributed by atoms with Crippen molar-refractivity contribution in [2.45, 2.75) is 26.4 Å². The van der Waals surface area contributed by atoms with Crippen LogP contribution in [0.5, 0.6) is 11.5 Å². The highest BCUT2D eigenvalue weighted by Crippen LogP contribution is 2.39. The molecule has 0 aromatic heterocycles. The van der Waals surface area contributed by atoms with Crippen LogP contribution in [0.25, 0.3) is 0 Å². The molecular weight excluding hydrogens is 230 g/mol. The Labute approximate surface area is 108 Å². The van der Waals surface area contributed by atoms with Crippen LogP contribution in [0.15, 0.2) is 18.2 Å². The minimum Gasteiger partial charge on any atom is -0.493 e. The molecule has 98 valence electrons. The molecule has 0 bridgehead atoms. The molecule has 0 amide bonds. The lowest BCUT2D eigenvalue weighted by atomic mass is 9.80. The van der Waals surface area contributed by atoms with Crippen molar-refractivity contribution in [3.8, 4) is 17.6 Å². The van der Waals surface area contributed by atoms with Gasteiger partial charge in [0.1, 0.15) is 0 Å². The first-order valence-electron chi connectivity index (χ1n) is 5.83. The zero-order valence-electron chi connectivity index (χ0n) is 11.2. The molecule has 0 heterocycles. The second kappa shape index (κ2) is 5.74. The molecule has 18 heavy (non-hydrogen) atoms. The molecular formula is C14H19NO3. The van der Waals surface area contributed by atoms with Crippen LogP contribution in [-0.4, -0.2) is 19.3 Å². The number of nitriles is 1. The van der Waals surface area contributed by atoms with Crippen LogP contribution < -0.4 is 9.47 Å². The van der Waals surface area contributed by atoms with Crippen LogP contribution >= 0.6 is 0 Å². The Morgan fingerprint density at radius 1 is 1.33 bits per heavy atom. The number of methoxy groups -OCH3 is 2. The largest absolute Gasteiger partial charge is 0.493 e. The van der Waals surface area contributed by atoms with Crippen LogP contribution in [0.1, 0.15) is 31.9 Å². The number of benzene rings is 1. The Bertz CT molecular complexity index is 453. The second-order valence-corrected chi connectivity index (χ2v) is 4.40. The maximum Gasteiger partial charge on any atom is 0.161 e. The van der Waals surface area contributed by atoms with Crippen molar-refractivity contribution < 1.29 is 14.6 Å². The normalized spacial score (nSPS) is 15.3. The smallest absolute Gasteiger partial charge is 0.161 e. The first-order chi connectivity index (χ1) is 8.52. The van der Waals surface area contributed by atoms with Gasteiger partial charge in [-0.2, -0.15) is 5.26 Å². The predicted octanol–water partition coefficient (Wildman–Crippen LogP) is 2.68. The van der Waals surface area contributed by atoms with Gasteiger partial charge in [0.25, 0.3) is 0 Å². The van der Waals surface area contributed by atoms with E-state index in [9.17, 15) is 10.4 Å². The number of hydrogen-bond acceptors (Lipinski definition) is 4. The van der Waals surface area contributed by atoms with E-state index in [0.717, 1.165) is 0 Å². The van der Waals surface area contributed by atoms with Gasteiger partial charge in [0.15, 0.2) is 11.5 Å². The van der Waals surface area contributed by atoms with Gasteiger partial charge in [-0.05, 0) is 31.0 Å². The number of ether oxygens (including phenoxy) is 2. The van der Waals surface area contributed by atoms with E-state index in [-0.39, 0.29) is 0 Å². The number of aliphatic hydroxyl groups is 1. The Balaban J connectivity index is 3.15. The van der Waals surface area contributed by atoms with Gasteiger partial charge in [0, 0.05) is 0 Å². The maximum atomic E-state index is 10.3. The molecule has 1 aromatic rings. The van der Waals surface area contributed by atoms with E-state index in [1.54, 1.807) is 32.2 Å². The summed E-state index contributed by atoms with van der Waals surface area (Å²) >= 11 is 0. The zero-order chi connectivity index (χ0) is 13.8. The van der Waals surface area contributed by atoms with Gasteiger partial charge in [-0.15, -0.1) is 0 Å².